The topological polar surface area (TPSA) is 76.7 Å². The van der Waals surface area contributed by atoms with Crippen molar-refractivity contribution in [2.75, 3.05) is 19.0 Å². The molecule has 0 amide bonds. The molecule has 126 valence electrons. The van der Waals surface area contributed by atoms with Crippen LogP contribution < -0.4 is 10.6 Å². The van der Waals surface area contributed by atoms with Gasteiger partial charge in [-0.25, -0.2) is 9.59 Å². The Kier molecular flexibility index (Phi) is 5.78. The lowest BCUT2D eigenvalue weighted by Gasteiger charge is -2.19. The van der Waals surface area contributed by atoms with Crippen molar-refractivity contribution in [2.24, 2.45) is 0 Å². The van der Waals surface area contributed by atoms with Gasteiger partial charge < -0.3 is 20.1 Å². The summed E-state index contributed by atoms with van der Waals surface area (Å²) >= 11 is 0. The van der Waals surface area contributed by atoms with Crippen molar-refractivity contribution in [3.63, 3.8) is 0 Å². The van der Waals surface area contributed by atoms with E-state index in [4.69, 9.17) is 9.47 Å². The van der Waals surface area contributed by atoms with E-state index in [9.17, 15) is 9.59 Å². The highest BCUT2D eigenvalue weighted by atomic mass is 16.5. The molecule has 1 aromatic rings. The number of methoxy groups -OCH3 is 1. The number of carbonyl (C=O) groups excluding carboxylic acids is 2. The molecule has 2 rings (SSSR count). The molecule has 0 fully saturated rings. The summed E-state index contributed by atoms with van der Waals surface area (Å²) in [4.78, 5) is 23.6. The third-order valence-corrected chi connectivity index (χ3v) is 3.26. The highest BCUT2D eigenvalue weighted by Gasteiger charge is 2.18. The van der Waals surface area contributed by atoms with E-state index in [-0.39, 0.29) is 12.3 Å². The van der Waals surface area contributed by atoms with Crippen LogP contribution in [0.2, 0.25) is 0 Å². The van der Waals surface area contributed by atoms with E-state index in [1.165, 1.54) is 13.2 Å². The second kappa shape index (κ2) is 8.01. The number of allylic oxidation sites excluding steroid dienone is 2. The predicted molar refractivity (Wildman–Crippen MR) is 91.7 cm³/mol. The van der Waals surface area contributed by atoms with Crippen molar-refractivity contribution in [1.29, 1.82) is 0 Å². The van der Waals surface area contributed by atoms with E-state index in [0.717, 1.165) is 11.3 Å². The molecule has 0 aliphatic carbocycles. The highest BCUT2D eigenvalue weighted by molar-refractivity contribution is 5.92. The first-order chi connectivity index (χ1) is 11.5. The summed E-state index contributed by atoms with van der Waals surface area (Å²) < 4.78 is 9.69. The first-order valence-electron chi connectivity index (χ1n) is 7.54. The predicted octanol–water partition coefficient (Wildman–Crippen LogP) is 2.57. The molecule has 24 heavy (non-hydrogen) atoms. The molecule has 0 saturated heterocycles. The maximum atomic E-state index is 12.1. The number of carbonyl (C=O) groups is 2. The zero-order chi connectivity index (χ0) is 17.5. The first-order valence-corrected chi connectivity index (χ1v) is 7.54. The molecule has 2 N–H and O–H groups in total. The number of rotatable bonds is 5. The molecular formula is C18H20N2O4. The lowest BCUT2D eigenvalue weighted by Crippen LogP contribution is -2.25. The second-order valence-corrected chi connectivity index (χ2v) is 5.03. The Bertz CT molecular complexity index is 732. The molecule has 6 nitrogen and oxygen atoms in total. The standard InChI is InChI=1S/C18H20N2O4/c1-4-24-16(21)11-12(2)19-17(18(22)23-3)15-10-9-13-7-5-6-8-14(13)20-15/h5-11,19-20H,4H2,1-3H3/b12-11+,17-15-. The van der Waals surface area contributed by atoms with Gasteiger partial charge in [-0.05, 0) is 31.6 Å². The Morgan fingerprint density at radius 1 is 1.25 bits per heavy atom. The quantitative estimate of drug-likeness (QED) is 0.639. The molecule has 1 aliphatic heterocycles. The number of hydrogen-bond donors (Lipinski definition) is 2. The van der Waals surface area contributed by atoms with Crippen LogP contribution >= 0.6 is 0 Å². The summed E-state index contributed by atoms with van der Waals surface area (Å²) in [6, 6.07) is 7.72. The van der Waals surface area contributed by atoms with Gasteiger partial charge in [-0.3, -0.25) is 0 Å². The summed E-state index contributed by atoms with van der Waals surface area (Å²) in [6.07, 6.45) is 4.96. The van der Waals surface area contributed by atoms with E-state index < -0.39 is 11.9 Å². The summed E-state index contributed by atoms with van der Waals surface area (Å²) in [5.74, 6) is -1.02. The molecule has 1 heterocycles. The van der Waals surface area contributed by atoms with Crippen molar-refractivity contribution < 1.29 is 19.1 Å². The van der Waals surface area contributed by atoms with Gasteiger partial charge in [-0.2, -0.15) is 0 Å². The molecule has 0 unspecified atom stereocenters. The maximum Gasteiger partial charge on any atom is 0.356 e. The number of ether oxygens (including phenoxy) is 2. The molecule has 0 spiro atoms. The van der Waals surface area contributed by atoms with Gasteiger partial charge >= 0.3 is 11.9 Å². The summed E-state index contributed by atoms with van der Waals surface area (Å²) in [6.45, 7) is 3.68. The molecule has 0 atom stereocenters. The minimum absolute atomic E-state index is 0.210. The van der Waals surface area contributed by atoms with Crippen molar-refractivity contribution in [3.05, 3.63) is 59.1 Å². The van der Waals surface area contributed by atoms with E-state index >= 15 is 0 Å². The van der Waals surface area contributed by atoms with Crippen molar-refractivity contribution in [2.45, 2.75) is 13.8 Å². The molecular weight excluding hydrogens is 308 g/mol. The van der Waals surface area contributed by atoms with E-state index in [1.54, 1.807) is 19.9 Å². The number of esters is 2. The van der Waals surface area contributed by atoms with Crippen molar-refractivity contribution in [3.8, 4) is 0 Å². The summed E-state index contributed by atoms with van der Waals surface area (Å²) in [7, 11) is 1.30. The van der Waals surface area contributed by atoms with Crippen LogP contribution in [0.5, 0.6) is 0 Å². The number of benzene rings is 1. The average Bonchev–Trinajstić information content (AvgIpc) is 2.58. The monoisotopic (exact) mass is 328 g/mol. The lowest BCUT2D eigenvalue weighted by molar-refractivity contribution is -0.138. The third kappa shape index (κ3) is 4.25. The second-order valence-electron chi connectivity index (χ2n) is 5.03. The Morgan fingerprint density at radius 2 is 2.00 bits per heavy atom. The highest BCUT2D eigenvalue weighted by Crippen LogP contribution is 2.25. The molecule has 1 aliphatic rings. The van der Waals surface area contributed by atoms with E-state index in [0.29, 0.717) is 11.4 Å². The summed E-state index contributed by atoms with van der Waals surface area (Å²) in [5.41, 5.74) is 3.13. The van der Waals surface area contributed by atoms with Crippen LogP contribution in [0.25, 0.3) is 6.08 Å². The number of hydrogen-bond acceptors (Lipinski definition) is 6. The first kappa shape index (κ1) is 17.3. The molecule has 6 heteroatoms. The number of anilines is 1. The fourth-order valence-corrected chi connectivity index (χ4v) is 2.19. The van der Waals surface area contributed by atoms with Crippen LogP contribution in [-0.4, -0.2) is 25.7 Å². The fourth-order valence-electron chi connectivity index (χ4n) is 2.19. The van der Waals surface area contributed by atoms with Crippen molar-refractivity contribution in [1.82, 2.24) is 5.32 Å². The molecule has 0 radical (unpaired) electrons. The van der Waals surface area contributed by atoms with Gasteiger partial charge in [-0.1, -0.05) is 24.3 Å². The minimum atomic E-state index is -0.543. The van der Waals surface area contributed by atoms with Crippen LogP contribution in [-0.2, 0) is 19.1 Å². The zero-order valence-electron chi connectivity index (χ0n) is 13.9. The van der Waals surface area contributed by atoms with Crippen molar-refractivity contribution >= 4 is 23.7 Å². The Hall–Kier alpha value is -3.02. The maximum absolute atomic E-state index is 12.1. The van der Waals surface area contributed by atoms with Crippen LogP contribution in [0.15, 0.2) is 53.5 Å². The smallest absolute Gasteiger partial charge is 0.356 e. The molecule has 0 saturated carbocycles. The molecule has 0 aromatic heterocycles. The Balaban J connectivity index is 2.30. The van der Waals surface area contributed by atoms with Gasteiger partial charge in [0.15, 0.2) is 0 Å². The number of fused-ring (bicyclic) bond motifs is 1. The zero-order valence-corrected chi connectivity index (χ0v) is 13.9. The van der Waals surface area contributed by atoms with Gasteiger partial charge in [0.2, 0.25) is 0 Å². The van der Waals surface area contributed by atoms with Crippen LogP contribution in [0, 0.1) is 0 Å². The van der Waals surface area contributed by atoms with Gasteiger partial charge in [0.1, 0.15) is 5.70 Å². The average molecular weight is 328 g/mol. The van der Waals surface area contributed by atoms with Gasteiger partial charge in [0.25, 0.3) is 0 Å². The normalized spacial score (nSPS) is 15.0. The Morgan fingerprint density at radius 3 is 2.71 bits per heavy atom. The fraction of sp³-hybridized carbons (Fsp3) is 0.222. The number of nitrogens with one attached hydrogen (secondary N) is 2. The SMILES string of the molecule is CCOC(=O)/C=C(\C)N/C(C(=O)OC)=C1/C=Cc2ccccc2N1. The van der Waals surface area contributed by atoms with Crippen LogP contribution in [0.3, 0.4) is 0 Å². The van der Waals surface area contributed by atoms with Crippen LogP contribution in [0.4, 0.5) is 5.69 Å². The van der Waals surface area contributed by atoms with Gasteiger partial charge in [-0.15, -0.1) is 0 Å². The van der Waals surface area contributed by atoms with E-state index in [1.807, 2.05) is 30.3 Å². The van der Waals surface area contributed by atoms with Crippen LogP contribution in [0.1, 0.15) is 19.4 Å². The van der Waals surface area contributed by atoms with Gasteiger partial charge in [0, 0.05) is 17.5 Å². The largest absolute Gasteiger partial charge is 0.464 e. The van der Waals surface area contributed by atoms with Gasteiger partial charge in [0.05, 0.1) is 19.4 Å². The Labute approximate surface area is 140 Å². The number of para-hydroxylation sites is 1. The minimum Gasteiger partial charge on any atom is -0.464 e. The lowest BCUT2D eigenvalue weighted by atomic mass is 10.1. The van der Waals surface area contributed by atoms with E-state index in [2.05, 4.69) is 10.6 Å². The molecule has 1 aromatic carbocycles. The summed E-state index contributed by atoms with van der Waals surface area (Å²) in [5, 5.41) is 6.09. The molecule has 0 bridgehead atoms. The third-order valence-electron chi connectivity index (χ3n) is 3.26.